The molecule has 0 saturated carbocycles. The van der Waals surface area contributed by atoms with Crippen molar-refractivity contribution in [1.82, 2.24) is 19.5 Å². The van der Waals surface area contributed by atoms with E-state index >= 15 is 0 Å². The monoisotopic (exact) mass is 301 g/mol. The lowest BCUT2D eigenvalue weighted by atomic mass is 10.4. The molecule has 0 aliphatic rings. The zero-order valence-electron chi connectivity index (χ0n) is 10.2. The van der Waals surface area contributed by atoms with E-state index in [1.165, 1.54) is 23.7 Å². The Bertz CT molecular complexity index is 606. The molecular weight excluding hydrogens is 286 g/mol. The van der Waals surface area contributed by atoms with Crippen LogP contribution in [0.2, 0.25) is 0 Å². The molecule has 0 aliphatic carbocycles. The zero-order valence-corrected chi connectivity index (χ0v) is 11.8. The van der Waals surface area contributed by atoms with Crippen LogP contribution in [-0.2, 0) is 23.1 Å². The maximum Gasteiger partial charge on any atom is 0.244 e. The molecule has 0 unspecified atom stereocenters. The summed E-state index contributed by atoms with van der Waals surface area (Å²) in [6.07, 6.45) is 3.59. The second kappa shape index (κ2) is 6.24. The van der Waals surface area contributed by atoms with Gasteiger partial charge in [0.05, 0.1) is 23.9 Å². The molecule has 9 heteroatoms. The molecule has 2 aromatic rings. The minimum atomic E-state index is -3.54. The van der Waals surface area contributed by atoms with Crippen LogP contribution in [0.5, 0.6) is 0 Å². The molecule has 0 fully saturated rings. The standard InChI is InChI=1S/C10H15N5O2S2/c11-2-1-3-15-6-10(5-13-15)19(16,17)14-4-9-7-18-8-12-9/h5-8,14H,1-4,11H2. The van der Waals surface area contributed by atoms with Crippen LogP contribution < -0.4 is 10.5 Å². The van der Waals surface area contributed by atoms with Gasteiger partial charge in [0.2, 0.25) is 10.0 Å². The van der Waals surface area contributed by atoms with Gasteiger partial charge in [-0.25, -0.2) is 18.1 Å². The fourth-order valence-corrected chi connectivity index (χ4v) is 2.95. The van der Waals surface area contributed by atoms with Crippen molar-refractivity contribution in [2.24, 2.45) is 5.73 Å². The molecule has 0 atom stereocenters. The van der Waals surface area contributed by atoms with E-state index in [1.807, 2.05) is 0 Å². The predicted molar refractivity (Wildman–Crippen MR) is 72.0 cm³/mol. The summed E-state index contributed by atoms with van der Waals surface area (Å²) in [5, 5.41) is 5.79. The van der Waals surface area contributed by atoms with E-state index in [0.29, 0.717) is 18.8 Å². The van der Waals surface area contributed by atoms with Crippen molar-refractivity contribution in [3.8, 4) is 0 Å². The highest BCUT2D eigenvalue weighted by Crippen LogP contribution is 2.09. The van der Waals surface area contributed by atoms with Gasteiger partial charge in [0, 0.05) is 18.1 Å². The van der Waals surface area contributed by atoms with Crippen LogP contribution in [0, 0.1) is 0 Å². The number of nitrogens with zero attached hydrogens (tertiary/aromatic N) is 3. The second-order valence-corrected chi connectivity index (χ2v) is 6.37. The molecule has 7 nitrogen and oxygen atoms in total. The fraction of sp³-hybridized carbons (Fsp3) is 0.400. The van der Waals surface area contributed by atoms with Gasteiger partial charge in [0.1, 0.15) is 4.90 Å². The van der Waals surface area contributed by atoms with Crippen LogP contribution in [0.15, 0.2) is 28.2 Å². The molecule has 19 heavy (non-hydrogen) atoms. The molecule has 3 N–H and O–H groups in total. The molecule has 2 aromatic heterocycles. The Kier molecular flexibility index (Phi) is 4.64. The molecular formula is C10H15N5O2S2. The normalized spacial score (nSPS) is 11.8. The summed E-state index contributed by atoms with van der Waals surface area (Å²) >= 11 is 1.42. The first-order valence-corrected chi connectivity index (χ1v) is 8.13. The molecule has 0 spiro atoms. The second-order valence-electron chi connectivity index (χ2n) is 3.89. The fourth-order valence-electron chi connectivity index (χ4n) is 1.44. The highest BCUT2D eigenvalue weighted by molar-refractivity contribution is 7.89. The van der Waals surface area contributed by atoms with E-state index in [2.05, 4.69) is 14.8 Å². The van der Waals surface area contributed by atoms with Crippen LogP contribution in [0.3, 0.4) is 0 Å². The van der Waals surface area contributed by atoms with Gasteiger partial charge in [-0.3, -0.25) is 4.68 Å². The molecule has 2 rings (SSSR count). The van der Waals surface area contributed by atoms with Crippen molar-refractivity contribution in [1.29, 1.82) is 0 Å². The van der Waals surface area contributed by atoms with Crippen molar-refractivity contribution in [3.05, 3.63) is 29.0 Å². The molecule has 0 saturated heterocycles. The topological polar surface area (TPSA) is 103 Å². The van der Waals surface area contributed by atoms with E-state index in [-0.39, 0.29) is 11.4 Å². The van der Waals surface area contributed by atoms with Crippen molar-refractivity contribution in [2.75, 3.05) is 6.54 Å². The lowest BCUT2D eigenvalue weighted by Crippen LogP contribution is -2.23. The maximum absolute atomic E-state index is 12.0. The van der Waals surface area contributed by atoms with E-state index in [1.54, 1.807) is 15.6 Å². The Labute approximate surface area is 115 Å². The first kappa shape index (κ1) is 14.1. The highest BCUT2D eigenvalue weighted by atomic mass is 32.2. The zero-order chi connectivity index (χ0) is 13.7. The Balaban J connectivity index is 2.00. The quantitative estimate of drug-likeness (QED) is 0.758. The lowest BCUT2D eigenvalue weighted by molar-refractivity contribution is 0.575. The number of sulfonamides is 1. The van der Waals surface area contributed by atoms with Gasteiger partial charge in [-0.05, 0) is 13.0 Å². The number of hydrogen-bond acceptors (Lipinski definition) is 6. The smallest absolute Gasteiger partial charge is 0.244 e. The van der Waals surface area contributed by atoms with Crippen molar-refractivity contribution >= 4 is 21.4 Å². The average Bonchev–Trinajstić information content (AvgIpc) is 3.05. The predicted octanol–water partition coefficient (Wildman–Crippen LogP) is 0.167. The van der Waals surface area contributed by atoms with Crippen molar-refractivity contribution in [3.63, 3.8) is 0 Å². The average molecular weight is 301 g/mol. The van der Waals surface area contributed by atoms with Crippen LogP contribution >= 0.6 is 11.3 Å². The van der Waals surface area contributed by atoms with Gasteiger partial charge >= 0.3 is 0 Å². The van der Waals surface area contributed by atoms with Gasteiger partial charge in [-0.2, -0.15) is 5.10 Å². The lowest BCUT2D eigenvalue weighted by Gasteiger charge is -2.02. The van der Waals surface area contributed by atoms with Crippen LogP contribution in [0.25, 0.3) is 0 Å². The molecule has 0 aliphatic heterocycles. The number of nitrogens with one attached hydrogen (secondary N) is 1. The third-order valence-electron chi connectivity index (χ3n) is 2.44. The van der Waals surface area contributed by atoms with Gasteiger partial charge in [-0.15, -0.1) is 11.3 Å². The van der Waals surface area contributed by atoms with E-state index in [4.69, 9.17) is 5.73 Å². The van der Waals surface area contributed by atoms with Gasteiger partial charge in [0.25, 0.3) is 0 Å². The largest absolute Gasteiger partial charge is 0.330 e. The molecule has 0 aromatic carbocycles. The van der Waals surface area contributed by atoms with Gasteiger partial charge < -0.3 is 5.73 Å². The summed E-state index contributed by atoms with van der Waals surface area (Å²) in [5.74, 6) is 0. The minimum absolute atomic E-state index is 0.153. The van der Waals surface area contributed by atoms with Crippen LogP contribution in [0.4, 0.5) is 0 Å². The molecule has 0 radical (unpaired) electrons. The molecule has 0 bridgehead atoms. The summed E-state index contributed by atoms with van der Waals surface area (Å²) in [5.41, 5.74) is 7.75. The number of hydrogen-bond donors (Lipinski definition) is 2. The minimum Gasteiger partial charge on any atom is -0.330 e. The summed E-state index contributed by atoms with van der Waals surface area (Å²) in [7, 11) is -3.54. The highest BCUT2D eigenvalue weighted by Gasteiger charge is 2.16. The van der Waals surface area contributed by atoms with Crippen LogP contribution in [-0.4, -0.2) is 29.7 Å². The first-order valence-electron chi connectivity index (χ1n) is 5.71. The van der Waals surface area contributed by atoms with E-state index < -0.39 is 10.0 Å². The summed E-state index contributed by atoms with van der Waals surface area (Å²) in [6, 6.07) is 0. The summed E-state index contributed by atoms with van der Waals surface area (Å²) in [4.78, 5) is 4.17. The summed E-state index contributed by atoms with van der Waals surface area (Å²) in [6.45, 7) is 1.34. The SMILES string of the molecule is NCCCn1cc(S(=O)(=O)NCc2cscn2)cn1. The molecule has 0 amide bonds. The number of aryl methyl sites for hydroxylation is 1. The molecule has 104 valence electrons. The number of rotatable bonds is 7. The third kappa shape index (κ3) is 3.83. The number of nitrogens with two attached hydrogens (primary N) is 1. The van der Waals surface area contributed by atoms with E-state index in [9.17, 15) is 8.42 Å². The van der Waals surface area contributed by atoms with Crippen molar-refractivity contribution < 1.29 is 8.42 Å². The Morgan fingerprint density at radius 1 is 1.47 bits per heavy atom. The van der Waals surface area contributed by atoms with Crippen LogP contribution in [0.1, 0.15) is 12.1 Å². The third-order valence-corrected chi connectivity index (χ3v) is 4.43. The Morgan fingerprint density at radius 2 is 2.32 bits per heavy atom. The number of thiazole rings is 1. The molecule has 2 heterocycles. The van der Waals surface area contributed by atoms with Gasteiger partial charge in [0.15, 0.2) is 0 Å². The number of aromatic nitrogens is 3. The maximum atomic E-state index is 12.0. The first-order chi connectivity index (χ1) is 9.12. The van der Waals surface area contributed by atoms with Crippen molar-refractivity contribution in [2.45, 2.75) is 24.4 Å². The Morgan fingerprint density at radius 3 is 3.00 bits per heavy atom. The van der Waals surface area contributed by atoms with Gasteiger partial charge in [-0.1, -0.05) is 0 Å². The van der Waals surface area contributed by atoms with E-state index in [0.717, 1.165) is 6.42 Å². The Hall–Kier alpha value is -1.29. The summed E-state index contributed by atoms with van der Waals surface area (Å²) < 4.78 is 28.1.